The highest BCUT2D eigenvalue weighted by Gasteiger charge is 2.12. The summed E-state index contributed by atoms with van der Waals surface area (Å²) in [6.07, 6.45) is 6.98. The summed E-state index contributed by atoms with van der Waals surface area (Å²) in [7, 11) is 0. The average Bonchev–Trinajstić information content (AvgIpc) is 2.61. The summed E-state index contributed by atoms with van der Waals surface area (Å²) in [5.74, 6) is 1.77. The number of hydrogen-bond donors (Lipinski definition) is 1. The van der Waals surface area contributed by atoms with E-state index in [4.69, 9.17) is 4.74 Å². The van der Waals surface area contributed by atoms with Crippen molar-refractivity contribution in [3.63, 3.8) is 0 Å². The van der Waals surface area contributed by atoms with Crippen LogP contribution >= 0.6 is 0 Å². The predicted octanol–water partition coefficient (Wildman–Crippen LogP) is 5.26. The molecule has 0 spiro atoms. The Balaban J connectivity index is 1.45. The summed E-state index contributed by atoms with van der Waals surface area (Å²) in [5.41, 5.74) is 2.39. The third kappa shape index (κ3) is 4.52. The highest BCUT2D eigenvalue weighted by atomic mass is 16.5. The number of hydrogen-bond acceptors (Lipinski definition) is 2. The summed E-state index contributed by atoms with van der Waals surface area (Å²) in [4.78, 5) is 0. The first kappa shape index (κ1) is 15.0. The number of nitrogens with one attached hydrogen (secondary N) is 1. The molecule has 22 heavy (non-hydrogen) atoms. The van der Waals surface area contributed by atoms with Crippen LogP contribution in [0, 0.1) is 5.92 Å². The van der Waals surface area contributed by atoms with Crippen molar-refractivity contribution in [2.45, 2.75) is 38.7 Å². The minimum atomic E-state index is 0.621. The van der Waals surface area contributed by atoms with Gasteiger partial charge in [0, 0.05) is 12.2 Å². The highest BCUT2D eigenvalue weighted by molar-refractivity contribution is 5.46. The highest BCUT2D eigenvalue weighted by Crippen LogP contribution is 2.24. The van der Waals surface area contributed by atoms with Gasteiger partial charge in [0.15, 0.2) is 0 Å². The van der Waals surface area contributed by atoms with E-state index in [0.29, 0.717) is 6.61 Å². The molecule has 0 heterocycles. The minimum absolute atomic E-state index is 0.621. The molecular weight excluding hydrogens is 270 g/mol. The molecule has 1 saturated carbocycles. The van der Waals surface area contributed by atoms with E-state index in [1.165, 1.54) is 43.4 Å². The molecule has 0 aliphatic heterocycles. The molecule has 2 nitrogen and oxygen atoms in total. The van der Waals surface area contributed by atoms with Crippen LogP contribution in [0.25, 0.3) is 0 Å². The number of rotatable bonds is 6. The molecular formula is C20H25NO. The first-order chi connectivity index (χ1) is 10.9. The van der Waals surface area contributed by atoms with E-state index < -0.39 is 0 Å². The largest absolute Gasteiger partial charge is 0.489 e. The lowest BCUT2D eigenvalue weighted by Crippen LogP contribution is -2.16. The van der Waals surface area contributed by atoms with E-state index in [9.17, 15) is 0 Å². The van der Waals surface area contributed by atoms with Gasteiger partial charge in [-0.25, -0.2) is 0 Å². The summed E-state index contributed by atoms with van der Waals surface area (Å²) in [6, 6.07) is 18.6. The Morgan fingerprint density at radius 1 is 0.864 bits per heavy atom. The number of benzene rings is 2. The molecule has 0 saturated heterocycles. The molecule has 0 aromatic heterocycles. The van der Waals surface area contributed by atoms with Crippen LogP contribution in [-0.2, 0) is 6.61 Å². The molecule has 0 atom stereocenters. The summed E-state index contributed by atoms with van der Waals surface area (Å²) < 4.78 is 5.81. The third-order valence-electron chi connectivity index (χ3n) is 4.42. The fourth-order valence-corrected chi connectivity index (χ4v) is 3.06. The second-order valence-corrected chi connectivity index (χ2v) is 6.18. The van der Waals surface area contributed by atoms with Crippen molar-refractivity contribution < 1.29 is 4.74 Å². The van der Waals surface area contributed by atoms with Gasteiger partial charge in [0.05, 0.1) is 0 Å². The Kier molecular flexibility index (Phi) is 5.36. The lowest BCUT2D eigenvalue weighted by atomic mass is 9.89. The first-order valence-electron chi connectivity index (χ1n) is 8.41. The molecule has 0 unspecified atom stereocenters. The molecule has 2 aromatic carbocycles. The Morgan fingerprint density at radius 2 is 1.59 bits per heavy atom. The van der Waals surface area contributed by atoms with E-state index in [1.807, 2.05) is 30.3 Å². The molecule has 0 bridgehead atoms. The average molecular weight is 295 g/mol. The van der Waals surface area contributed by atoms with Crippen LogP contribution < -0.4 is 10.1 Å². The molecule has 0 amide bonds. The van der Waals surface area contributed by atoms with Crippen LogP contribution in [0.3, 0.4) is 0 Å². The van der Waals surface area contributed by atoms with Crippen molar-refractivity contribution in [2.24, 2.45) is 5.92 Å². The zero-order chi connectivity index (χ0) is 15.0. The van der Waals surface area contributed by atoms with Gasteiger partial charge >= 0.3 is 0 Å². The lowest BCUT2D eigenvalue weighted by Gasteiger charge is -2.22. The Bertz CT molecular complexity index is 544. The lowest BCUT2D eigenvalue weighted by molar-refractivity contribution is 0.306. The smallest absolute Gasteiger partial charge is 0.119 e. The Labute approximate surface area is 133 Å². The first-order valence-corrected chi connectivity index (χ1v) is 8.41. The Hall–Kier alpha value is -1.96. The normalized spacial score (nSPS) is 15.5. The maximum Gasteiger partial charge on any atom is 0.119 e. The molecule has 1 aliphatic rings. The second-order valence-electron chi connectivity index (χ2n) is 6.18. The van der Waals surface area contributed by atoms with Crippen molar-refractivity contribution in [1.29, 1.82) is 0 Å². The maximum absolute atomic E-state index is 5.81. The zero-order valence-electron chi connectivity index (χ0n) is 13.1. The van der Waals surface area contributed by atoms with E-state index in [0.717, 1.165) is 18.2 Å². The van der Waals surface area contributed by atoms with Crippen LogP contribution in [-0.4, -0.2) is 6.54 Å². The predicted molar refractivity (Wildman–Crippen MR) is 92.3 cm³/mol. The summed E-state index contributed by atoms with van der Waals surface area (Å²) in [6.45, 7) is 1.72. The molecule has 2 aromatic rings. The maximum atomic E-state index is 5.81. The fraction of sp³-hybridized carbons (Fsp3) is 0.400. The molecule has 116 valence electrons. The molecule has 1 N–H and O–H groups in total. The van der Waals surface area contributed by atoms with Gasteiger partial charge in [0.1, 0.15) is 12.4 Å². The quantitative estimate of drug-likeness (QED) is 0.785. The van der Waals surface area contributed by atoms with Gasteiger partial charge in [-0.3, -0.25) is 0 Å². The van der Waals surface area contributed by atoms with Gasteiger partial charge in [-0.15, -0.1) is 0 Å². The standard InChI is InChI=1S/C20H25NO/c1-3-7-17(8-4-1)15-21-19-11-13-20(14-12-19)22-16-18-9-5-2-6-10-18/h2,5-6,9-14,17,21H,1,3-4,7-8,15-16H2. The van der Waals surface area contributed by atoms with Crippen LogP contribution in [0.2, 0.25) is 0 Å². The monoisotopic (exact) mass is 295 g/mol. The van der Waals surface area contributed by atoms with Crippen LogP contribution in [0.1, 0.15) is 37.7 Å². The Morgan fingerprint density at radius 3 is 2.32 bits per heavy atom. The van der Waals surface area contributed by atoms with Gasteiger partial charge < -0.3 is 10.1 Å². The van der Waals surface area contributed by atoms with E-state index in [-0.39, 0.29) is 0 Å². The third-order valence-corrected chi connectivity index (χ3v) is 4.42. The van der Waals surface area contributed by atoms with Crippen molar-refractivity contribution in [1.82, 2.24) is 0 Å². The van der Waals surface area contributed by atoms with Crippen molar-refractivity contribution in [3.8, 4) is 5.75 Å². The van der Waals surface area contributed by atoms with Crippen LogP contribution in [0.15, 0.2) is 54.6 Å². The molecule has 3 rings (SSSR count). The molecule has 1 fully saturated rings. The minimum Gasteiger partial charge on any atom is -0.489 e. The van der Waals surface area contributed by atoms with Gasteiger partial charge in [0.25, 0.3) is 0 Å². The van der Waals surface area contributed by atoms with Gasteiger partial charge in [-0.2, -0.15) is 0 Å². The van der Waals surface area contributed by atoms with E-state index in [2.05, 4.69) is 29.6 Å². The molecule has 2 heteroatoms. The van der Waals surface area contributed by atoms with E-state index in [1.54, 1.807) is 0 Å². The number of anilines is 1. The topological polar surface area (TPSA) is 21.3 Å². The van der Waals surface area contributed by atoms with Crippen LogP contribution in [0.4, 0.5) is 5.69 Å². The second kappa shape index (κ2) is 7.88. The zero-order valence-corrected chi connectivity index (χ0v) is 13.1. The van der Waals surface area contributed by atoms with Gasteiger partial charge in [0.2, 0.25) is 0 Å². The van der Waals surface area contributed by atoms with E-state index >= 15 is 0 Å². The van der Waals surface area contributed by atoms with Crippen molar-refractivity contribution in [2.75, 3.05) is 11.9 Å². The molecule has 0 radical (unpaired) electrons. The summed E-state index contributed by atoms with van der Waals surface area (Å²) >= 11 is 0. The van der Waals surface area contributed by atoms with Gasteiger partial charge in [-0.05, 0) is 48.6 Å². The van der Waals surface area contributed by atoms with Crippen molar-refractivity contribution in [3.05, 3.63) is 60.2 Å². The van der Waals surface area contributed by atoms with Gasteiger partial charge in [-0.1, -0.05) is 49.6 Å². The van der Waals surface area contributed by atoms with Crippen LogP contribution in [0.5, 0.6) is 5.75 Å². The fourth-order valence-electron chi connectivity index (χ4n) is 3.06. The number of ether oxygens (including phenoxy) is 1. The SMILES string of the molecule is c1ccc(COc2ccc(NCC3CCCCC3)cc2)cc1. The summed E-state index contributed by atoms with van der Waals surface area (Å²) in [5, 5.41) is 3.56. The molecule has 1 aliphatic carbocycles. The van der Waals surface area contributed by atoms with Crippen molar-refractivity contribution >= 4 is 5.69 Å².